The largest absolute Gasteiger partial charge is 0.378 e. The molecule has 1 spiro atoms. The highest BCUT2D eigenvalue weighted by atomic mass is 19.1. The number of nitrogens with zero attached hydrogens (tertiary/aromatic N) is 3. The van der Waals surface area contributed by atoms with Crippen LogP contribution in [-0.2, 0) is 9.53 Å². The molecular weight excluding hydrogens is 561 g/mol. The number of carbonyl (C=O) groups is 2. The van der Waals surface area contributed by atoms with Crippen LogP contribution in [0.2, 0.25) is 0 Å². The molecule has 4 aliphatic heterocycles. The molecule has 11 heteroatoms. The van der Waals surface area contributed by atoms with Gasteiger partial charge in [-0.1, -0.05) is 25.0 Å². The Morgan fingerprint density at radius 1 is 1.05 bits per heavy atom. The van der Waals surface area contributed by atoms with Gasteiger partial charge in [-0.2, -0.15) is 0 Å². The van der Waals surface area contributed by atoms with E-state index in [9.17, 15) is 14.0 Å². The van der Waals surface area contributed by atoms with Crippen LogP contribution in [0.4, 0.5) is 4.39 Å². The average Bonchev–Trinajstić information content (AvgIpc) is 3.46. The molecule has 2 amide bonds. The van der Waals surface area contributed by atoms with Gasteiger partial charge < -0.3 is 31.7 Å². The van der Waals surface area contributed by atoms with Crippen LogP contribution in [-0.4, -0.2) is 111 Å². The van der Waals surface area contributed by atoms with E-state index in [2.05, 4.69) is 20.5 Å². The van der Waals surface area contributed by atoms with Gasteiger partial charge in [0.15, 0.2) is 0 Å². The van der Waals surface area contributed by atoms with Crippen molar-refractivity contribution in [3.05, 3.63) is 35.4 Å². The summed E-state index contributed by atoms with van der Waals surface area (Å²) in [4.78, 5) is 36.1. The number of ether oxygens (including phenoxy) is 1. The van der Waals surface area contributed by atoms with E-state index in [1.165, 1.54) is 6.21 Å². The van der Waals surface area contributed by atoms with Gasteiger partial charge in [0.1, 0.15) is 6.17 Å². The first-order valence-corrected chi connectivity index (χ1v) is 16.7. The summed E-state index contributed by atoms with van der Waals surface area (Å²) in [6.07, 6.45) is 6.54. The van der Waals surface area contributed by atoms with Crippen LogP contribution in [0.1, 0.15) is 73.2 Å². The molecule has 3 saturated heterocycles. The van der Waals surface area contributed by atoms with Gasteiger partial charge in [-0.15, -0.1) is 0 Å². The molecule has 5 unspecified atom stereocenters. The van der Waals surface area contributed by atoms with Crippen LogP contribution in [0.3, 0.4) is 0 Å². The lowest BCUT2D eigenvalue weighted by atomic mass is 9.72. The molecule has 4 heterocycles. The zero-order valence-electron chi connectivity index (χ0n) is 25.8. The number of halogens is 1. The maximum atomic E-state index is 14.6. The van der Waals surface area contributed by atoms with Gasteiger partial charge in [-0.05, 0) is 68.2 Å². The maximum absolute atomic E-state index is 14.6. The van der Waals surface area contributed by atoms with Gasteiger partial charge in [0.05, 0.1) is 37.4 Å². The highest BCUT2D eigenvalue weighted by Crippen LogP contribution is 2.48. The van der Waals surface area contributed by atoms with Gasteiger partial charge in [-0.25, -0.2) is 4.39 Å². The SMILES string of the molecule is NC(N)C(C(=O)NC1CNCCC1c1ccc(C(=O)N2CCN(C3COC3)CC2)cc1)C1CC2(CCCC2)CCC(F)C=N1. The Kier molecular flexibility index (Phi) is 9.97. The van der Waals surface area contributed by atoms with Crippen molar-refractivity contribution in [2.75, 3.05) is 52.5 Å². The topological polar surface area (TPSA) is 138 Å². The molecule has 1 aromatic carbocycles. The molecule has 4 fully saturated rings. The van der Waals surface area contributed by atoms with Crippen molar-refractivity contribution in [2.24, 2.45) is 27.8 Å². The van der Waals surface area contributed by atoms with E-state index >= 15 is 0 Å². The van der Waals surface area contributed by atoms with E-state index in [-0.39, 0.29) is 29.2 Å². The number of hydrogen-bond acceptors (Lipinski definition) is 8. The molecule has 6 rings (SSSR count). The molecule has 5 atom stereocenters. The second-order valence-electron chi connectivity index (χ2n) is 13.8. The Hall–Kier alpha value is -2.44. The lowest BCUT2D eigenvalue weighted by Gasteiger charge is -2.42. The molecule has 44 heavy (non-hydrogen) atoms. The number of nitrogens with two attached hydrogens (primary N) is 2. The van der Waals surface area contributed by atoms with E-state index in [0.717, 1.165) is 90.0 Å². The number of piperazine rings is 1. The second kappa shape index (κ2) is 13.9. The number of piperidine rings is 1. The molecule has 0 radical (unpaired) electrons. The molecule has 0 aromatic heterocycles. The van der Waals surface area contributed by atoms with Crippen LogP contribution in [0, 0.1) is 11.3 Å². The quantitative estimate of drug-likeness (QED) is 0.345. The van der Waals surface area contributed by atoms with Crippen LogP contribution in [0.5, 0.6) is 0 Å². The van der Waals surface area contributed by atoms with Crippen LogP contribution < -0.4 is 22.1 Å². The number of carbonyl (C=O) groups excluding carboxylic acids is 2. The van der Waals surface area contributed by atoms with E-state index < -0.39 is 24.3 Å². The van der Waals surface area contributed by atoms with E-state index in [1.54, 1.807) is 0 Å². The minimum atomic E-state index is -1.11. The van der Waals surface area contributed by atoms with Crippen LogP contribution >= 0.6 is 0 Å². The van der Waals surface area contributed by atoms with Crippen molar-refractivity contribution in [1.29, 1.82) is 0 Å². The minimum absolute atomic E-state index is 0.00737. The van der Waals surface area contributed by atoms with Gasteiger partial charge in [0, 0.05) is 56.5 Å². The summed E-state index contributed by atoms with van der Waals surface area (Å²) in [6, 6.07) is 7.77. The van der Waals surface area contributed by atoms with E-state index in [1.807, 2.05) is 29.2 Å². The first kappa shape index (κ1) is 31.5. The van der Waals surface area contributed by atoms with Crippen molar-refractivity contribution in [3.63, 3.8) is 0 Å². The van der Waals surface area contributed by atoms with Gasteiger partial charge in [-0.3, -0.25) is 19.5 Å². The smallest absolute Gasteiger partial charge is 0.253 e. The highest BCUT2D eigenvalue weighted by molar-refractivity contribution is 5.94. The molecule has 1 aliphatic carbocycles. The first-order chi connectivity index (χ1) is 21.3. The second-order valence-corrected chi connectivity index (χ2v) is 13.8. The molecule has 0 bridgehead atoms. The summed E-state index contributed by atoms with van der Waals surface area (Å²) < 4.78 is 19.9. The molecular formula is C33H50FN7O3. The Bertz CT molecular complexity index is 1160. The number of amides is 2. The predicted octanol–water partition coefficient (Wildman–Crippen LogP) is 1.79. The molecule has 1 aromatic rings. The fourth-order valence-electron chi connectivity index (χ4n) is 8.19. The minimum Gasteiger partial charge on any atom is -0.378 e. The van der Waals surface area contributed by atoms with Gasteiger partial charge in [0.2, 0.25) is 5.91 Å². The zero-order valence-corrected chi connectivity index (χ0v) is 25.8. The number of benzene rings is 1. The fourth-order valence-corrected chi connectivity index (χ4v) is 8.19. The lowest BCUT2D eigenvalue weighted by molar-refractivity contribution is -0.127. The first-order valence-electron chi connectivity index (χ1n) is 16.7. The highest BCUT2D eigenvalue weighted by Gasteiger charge is 2.43. The van der Waals surface area contributed by atoms with Crippen molar-refractivity contribution in [1.82, 2.24) is 20.4 Å². The molecule has 6 N–H and O–H groups in total. The van der Waals surface area contributed by atoms with Crippen molar-refractivity contribution in [2.45, 2.75) is 87.7 Å². The summed E-state index contributed by atoms with van der Waals surface area (Å²) >= 11 is 0. The standard InChI is InChI=1S/C33H50FN7O3/c34-24-7-11-33(9-1-2-10-33)17-27(38-18-24)29(30(35)36)31(42)39-28-19-37-12-8-26(28)22-3-5-23(6-4-22)32(43)41-15-13-40(14-16-41)25-20-44-21-25/h3-6,18,24-30,37H,1-2,7-17,19-21,35-36H2,(H,39,42). The third-order valence-electron chi connectivity index (χ3n) is 11.0. The third-order valence-corrected chi connectivity index (χ3v) is 11.0. The number of alkyl halides is 1. The van der Waals surface area contributed by atoms with Gasteiger partial charge >= 0.3 is 0 Å². The van der Waals surface area contributed by atoms with Gasteiger partial charge in [0.25, 0.3) is 5.91 Å². The normalized spacial score (nSPS) is 30.5. The number of nitrogens with one attached hydrogen (secondary N) is 2. The molecule has 10 nitrogen and oxygen atoms in total. The molecule has 1 saturated carbocycles. The van der Waals surface area contributed by atoms with Crippen molar-refractivity contribution < 1.29 is 18.7 Å². The van der Waals surface area contributed by atoms with E-state index in [4.69, 9.17) is 16.2 Å². The summed E-state index contributed by atoms with van der Waals surface area (Å²) in [6.45, 7) is 6.24. The predicted molar refractivity (Wildman–Crippen MR) is 168 cm³/mol. The summed E-state index contributed by atoms with van der Waals surface area (Å²) in [5.74, 6) is -0.825. The average molecular weight is 612 g/mol. The lowest BCUT2D eigenvalue weighted by Crippen LogP contribution is -2.57. The fraction of sp³-hybridized carbons (Fsp3) is 0.727. The number of hydrogen-bond donors (Lipinski definition) is 4. The Labute approximate surface area is 260 Å². The summed E-state index contributed by atoms with van der Waals surface area (Å²) in [7, 11) is 0. The van der Waals surface area contributed by atoms with Crippen molar-refractivity contribution >= 4 is 18.0 Å². The van der Waals surface area contributed by atoms with Crippen LogP contribution in [0.25, 0.3) is 0 Å². The Balaban J connectivity index is 1.11. The number of rotatable bonds is 7. The number of aliphatic imine (C=N–C) groups is 1. The molecule has 242 valence electrons. The van der Waals surface area contributed by atoms with Crippen molar-refractivity contribution in [3.8, 4) is 0 Å². The Morgan fingerprint density at radius 2 is 1.77 bits per heavy atom. The maximum Gasteiger partial charge on any atom is 0.253 e. The monoisotopic (exact) mass is 611 g/mol. The van der Waals surface area contributed by atoms with Crippen LogP contribution in [0.15, 0.2) is 29.3 Å². The van der Waals surface area contributed by atoms with E-state index in [0.29, 0.717) is 31.0 Å². The molecule has 5 aliphatic rings. The summed E-state index contributed by atoms with van der Waals surface area (Å²) in [5, 5.41) is 6.68. The zero-order chi connectivity index (χ0) is 30.7. The summed E-state index contributed by atoms with van der Waals surface area (Å²) in [5.41, 5.74) is 14.3. The third kappa shape index (κ3) is 7.02. The Morgan fingerprint density at radius 3 is 2.43 bits per heavy atom.